The smallest absolute Gasteiger partial charge is 0.258 e. The molecular formula is C27H35N5O4. The monoisotopic (exact) mass is 493 g/mol. The quantitative estimate of drug-likeness (QED) is 0.646. The SMILES string of the molecule is CN(C)CC(=O)N1[C@@H]2c3ccc(-c4ccccc4)c(=O)n3C[C@H]1[C@H](CO)[C@H]2C(=O)N1CCN(C)CC1. The molecule has 2 aromatic rings. The number of benzene rings is 1. The third-order valence-corrected chi connectivity index (χ3v) is 7.97. The topological polar surface area (TPSA) is 89.3 Å². The second-order valence-corrected chi connectivity index (χ2v) is 10.5. The van der Waals surface area contributed by atoms with Crippen molar-refractivity contribution in [2.45, 2.75) is 18.6 Å². The number of aliphatic hydroxyl groups is 1. The van der Waals surface area contributed by atoms with Crippen molar-refractivity contribution in [1.82, 2.24) is 24.2 Å². The van der Waals surface area contributed by atoms with Crippen LogP contribution in [-0.4, -0.2) is 108 Å². The molecule has 0 unspecified atom stereocenters. The Morgan fingerprint density at radius 2 is 1.72 bits per heavy atom. The number of aromatic nitrogens is 1. The number of carbonyl (C=O) groups is 2. The molecule has 3 aliphatic rings. The molecule has 192 valence electrons. The van der Waals surface area contributed by atoms with E-state index in [0.717, 1.165) is 18.7 Å². The normalized spacial score (nSPS) is 25.8. The Kier molecular flexibility index (Phi) is 6.72. The van der Waals surface area contributed by atoms with E-state index in [1.807, 2.05) is 73.4 Å². The van der Waals surface area contributed by atoms with Gasteiger partial charge in [0.25, 0.3) is 5.56 Å². The number of likely N-dealkylation sites (N-methyl/N-ethyl adjacent to an activating group) is 2. The highest BCUT2D eigenvalue weighted by Gasteiger charge is 2.58. The van der Waals surface area contributed by atoms with Gasteiger partial charge in [0.1, 0.15) is 0 Å². The van der Waals surface area contributed by atoms with Gasteiger partial charge in [-0.3, -0.25) is 14.4 Å². The molecule has 0 aliphatic carbocycles. The van der Waals surface area contributed by atoms with Crippen LogP contribution in [-0.2, 0) is 16.1 Å². The van der Waals surface area contributed by atoms with E-state index in [9.17, 15) is 19.5 Å². The minimum Gasteiger partial charge on any atom is -0.396 e. The molecule has 2 amide bonds. The van der Waals surface area contributed by atoms with Crippen LogP contribution in [0.2, 0.25) is 0 Å². The van der Waals surface area contributed by atoms with Gasteiger partial charge in [0.15, 0.2) is 0 Å². The first-order chi connectivity index (χ1) is 17.3. The number of hydrogen-bond donors (Lipinski definition) is 1. The molecule has 0 radical (unpaired) electrons. The lowest BCUT2D eigenvalue weighted by Gasteiger charge is -2.39. The van der Waals surface area contributed by atoms with E-state index in [1.165, 1.54) is 0 Å². The number of nitrogens with zero attached hydrogens (tertiary/aromatic N) is 5. The average Bonchev–Trinajstić information content (AvgIpc) is 3.11. The summed E-state index contributed by atoms with van der Waals surface area (Å²) >= 11 is 0. The Morgan fingerprint density at radius 3 is 2.36 bits per heavy atom. The molecule has 0 spiro atoms. The van der Waals surface area contributed by atoms with Crippen LogP contribution in [0, 0.1) is 11.8 Å². The van der Waals surface area contributed by atoms with Gasteiger partial charge in [0.2, 0.25) is 11.8 Å². The summed E-state index contributed by atoms with van der Waals surface area (Å²) in [6.45, 7) is 3.06. The van der Waals surface area contributed by atoms with Gasteiger partial charge in [0, 0.05) is 56.5 Å². The van der Waals surface area contributed by atoms with Gasteiger partial charge in [-0.25, -0.2) is 0 Å². The molecule has 0 saturated carbocycles. The summed E-state index contributed by atoms with van der Waals surface area (Å²) in [5, 5.41) is 10.5. The number of piperazine rings is 1. The summed E-state index contributed by atoms with van der Waals surface area (Å²) in [6, 6.07) is 12.2. The van der Waals surface area contributed by atoms with Crippen molar-refractivity contribution in [2.24, 2.45) is 11.8 Å². The number of carbonyl (C=O) groups excluding carboxylic acids is 2. The van der Waals surface area contributed by atoms with Gasteiger partial charge in [0.05, 0.1) is 24.5 Å². The second kappa shape index (κ2) is 9.80. The van der Waals surface area contributed by atoms with E-state index in [2.05, 4.69) is 4.90 Å². The minimum atomic E-state index is -0.592. The Bertz CT molecular complexity index is 1190. The highest BCUT2D eigenvalue weighted by Crippen LogP contribution is 2.49. The fraction of sp³-hybridized carbons (Fsp3) is 0.519. The van der Waals surface area contributed by atoms with Crippen LogP contribution in [0.25, 0.3) is 11.1 Å². The molecule has 9 heteroatoms. The van der Waals surface area contributed by atoms with Crippen LogP contribution < -0.4 is 5.56 Å². The molecule has 2 saturated heterocycles. The minimum absolute atomic E-state index is 0.0367. The van der Waals surface area contributed by atoms with Gasteiger partial charge in [-0.05, 0) is 38.8 Å². The fourth-order valence-electron chi connectivity index (χ4n) is 6.16. The third-order valence-electron chi connectivity index (χ3n) is 7.97. The van der Waals surface area contributed by atoms with Crippen molar-refractivity contribution in [3.8, 4) is 11.1 Å². The number of amides is 2. The first kappa shape index (κ1) is 24.7. The maximum absolute atomic E-state index is 14.0. The molecule has 1 N–H and O–H groups in total. The summed E-state index contributed by atoms with van der Waals surface area (Å²) in [6.07, 6.45) is 0. The Hall–Kier alpha value is -3.01. The van der Waals surface area contributed by atoms with E-state index in [-0.39, 0.29) is 37.1 Å². The van der Waals surface area contributed by atoms with Crippen LogP contribution in [0.15, 0.2) is 47.3 Å². The van der Waals surface area contributed by atoms with Gasteiger partial charge in [-0.2, -0.15) is 0 Å². The predicted molar refractivity (Wildman–Crippen MR) is 136 cm³/mol. The lowest BCUT2D eigenvalue weighted by Crippen LogP contribution is -2.52. The Morgan fingerprint density at radius 1 is 1.03 bits per heavy atom. The van der Waals surface area contributed by atoms with E-state index in [0.29, 0.717) is 24.3 Å². The Labute approximate surface area is 211 Å². The number of aliphatic hydroxyl groups excluding tert-OH is 1. The van der Waals surface area contributed by atoms with Gasteiger partial charge < -0.3 is 29.3 Å². The molecule has 2 bridgehead atoms. The maximum Gasteiger partial charge on any atom is 0.258 e. The number of rotatable bonds is 5. The van der Waals surface area contributed by atoms with Crippen LogP contribution in [0.4, 0.5) is 0 Å². The standard InChI is InChI=1S/C27H35N5O4/c1-28(2)16-23(34)32-22-15-31-21(10-9-19(26(31)35)18-7-5-4-6-8-18)25(32)24(20(22)17-33)27(36)30-13-11-29(3)12-14-30/h4-10,20,22,24-25,33H,11-17H2,1-3H3/t20-,22-,24+,25+/m0/s1. The van der Waals surface area contributed by atoms with Crippen molar-refractivity contribution >= 4 is 11.8 Å². The second-order valence-electron chi connectivity index (χ2n) is 10.5. The highest BCUT2D eigenvalue weighted by atomic mass is 16.3. The van der Waals surface area contributed by atoms with Crippen molar-refractivity contribution in [3.05, 3.63) is 58.5 Å². The zero-order valence-electron chi connectivity index (χ0n) is 21.2. The van der Waals surface area contributed by atoms with Gasteiger partial charge in [-0.15, -0.1) is 0 Å². The zero-order chi connectivity index (χ0) is 25.6. The van der Waals surface area contributed by atoms with Gasteiger partial charge >= 0.3 is 0 Å². The van der Waals surface area contributed by atoms with E-state index in [4.69, 9.17) is 0 Å². The number of pyridine rings is 1. The summed E-state index contributed by atoms with van der Waals surface area (Å²) < 4.78 is 1.73. The molecule has 9 nitrogen and oxygen atoms in total. The van der Waals surface area contributed by atoms with E-state index < -0.39 is 23.9 Å². The lowest BCUT2D eigenvalue weighted by atomic mass is 9.86. The molecule has 2 fully saturated rings. The average molecular weight is 494 g/mol. The van der Waals surface area contributed by atoms with Crippen LogP contribution in [0.1, 0.15) is 11.7 Å². The molecule has 3 aliphatic heterocycles. The number of fused-ring (bicyclic) bond motifs is 4. The number of hydrogen-bond acceptors (Lipinski definition) is 6. The summed E-state index contributed by atoms with van der Waals surface area (Å²) in [4.78, 5) is 48.8. The summed E-state index contributed by atoms with van der Waals surface area (Å²) in [5.74, 6) is -1.16. The maximum atomic E-state index is 14.0. The van der Waals surface area contributed by atoms with Crippen molar-refractivity contribution in [3.63, 3.8) is 0 Å². The van der Waals surface area contributed by atoms with Crippen molar-refractivity contribution in [1.29, 1.82) is 0 Å². The molecule has 36 heavy (non-hydrogen) atoms. The highest BCUT2D eigenvalue weighted by molar-refractivity contribution is 5.85. The van der Waals surface area contributed by atoms with E-state index in [1.54, 1.807) is 9.47 Å². The van der Waals surface area contributed by atoms with Crippen molar-refractivity contribution < 1.29 is 14.7 Å². The molecule has 1 aromatic heterocycles. The van der Waals surface area contributed by atoms with Crippen molar-refractivity contribution in [2.75, 3.05) is 60.5 Å². The zero-order valence-corrected chi connectivity index (χ0v) is 21.2. The fourth-order valence-corrected chi connectivity index (χ4v) is 6.16. The Balaban J connectivity index is 1.60. The third kappa shape index (κ3) is 4.15. The molecular weight excluding hydrogens is 458 g/mol. The first-order valence-electron chi connectivity index (χ1n) is 12.6. The van der Waals surface area contributed by atoms with Gasteiger partial charge in [-0.1, -0.05) is 30.3 Å². The lowest BCUT2D eigenvalue weighted by molar-refractivity contribution is -0.141. The largest absolute Gasteiger partial charge is 0.396 e. The predicted octanol–water partition coefficient (Wildman–Crippen LogP) is 0.341. The van der Waals surface area contributed by atoms with Crippen LogP contribution in [0.3, 0.4) is 0 Å². The van der Waals surface area contributed by atoms with E-state index >= 15 is 0 Å². The molecule has 4 atom stereocenters. The van der Waals surface area contributed by atoms with Crippen LogP contribution >= 0.6 is 0 Å². The molecule has 4 heterocycles. The molecule has 1 aromatic carbocycles. The van der Waals surface area contributed by atoms with Crippen LogP contribution in [0.5, 0.6) is 0 Å². The summed E-state index contributed by atoms with van der Waals surface area (Å²) in [7, 11) is 5.71. The summed E-state index contributed by atoms with van der Waals surface area (Å²) in [5.41, 5.74) is 1.97. The first-order valence-corrected chi connectivity index (χ1v) is 12.6. The molecule has 5 rings (SSSR count).